The van der Waals surface area contributed by atoms with Crippen LogP contribution in [0.2, 0.25) is 0 Å². The highest BCUT2D eigenvalue weighted by Crippen LogP contribution is 2.41. The summed E-state index contributed by atoms with van der Waals surface area (Å²) in [5, 5.41) is 27.1. The van der Waals surface area contributed by atoms with Crippen LogP contribution >= 0.6 is 0 Å². The zero-order valence-corrected chi connectivity index (χ0v) is 25.4. The second kappa shape index (κ2) is 12.3. The molecule has 6 N–H and O–H groups in total. The quantitative estimate of drug-likeness (QED) is 0.173. The topological polar surface area (TPSA) is 178 Å². The molecule has 1 aliphatic heterocycles. The van der Waals surface area contributed by atoms with Crippen molar-refractivity contribution in [2.24, 2.45) is 5.73 Å². The van der Waals surface area contributed by atoms with Crippen molar-refractivity contribution < 1.29 is 42.4 Å². The van der Waals surface area contributed by atoms with Crippen molar-refractivity contribution in [3.63, 3.8) is 0 Å². The van der Waals surface area contributed by atoms with E-state index in [1.807, 2.05) is 0 Å². The lowest BCUT2D eigenvalue weighted by molar-refractivity contribution is -0.161. The van der Waals surface area contributed by atoms with Crippen LogP contribution in [-0.2, 0) is 33.4 Å². The molecule has 0 bridgehead atoms. The largest absolute Gasteiger partial charge is 0.506 e. The lowest BCUT2D eigenvalue weighted by Crippen LogP contribution is -2.41. The standard InChI is InChI=1S/C30H36F3N5O7/c1-28(2,3)44-21(40)13-36-26(42)22-25(41)17-8-6-15(10-29(4,5)45-20(39)11-34)23-24(17)38(27(22)43)14-18(37-23)16-7-9-19(35-12-16)30(31,32)33/h6-9,12,18,21,37,40-41H,10-11,13-14,34H2,1-5H3,(H,36,42). The first kappa shape index (κ1) is 33.7. The van der Waals surface area contributed by atoms with Crippen LogP contribution in [0.3, 0.4) is 0 Å². The predicted octanol–water partition coefficient (Wildman–Crippen LogP) is 2.97. The number of ether oxygens (including phenoxy) is 2. The molecule has 0 spiro atoms. The Bertz CT molecular complexity index is 1660. The molecule has 2 unspecified atom stereocenters. The molecule has 1 aromatic carbocycles. The molecule has 45 heavy (non-hydrogen) atoms. The van der Waals surface area contributed by atoms with Gasteiger partial charge in [-0.3, -0.25) is 19.4 Å². The van der Waals surface area contributed by atoms with Gasteiger partial charge in [0.1, 0.15) is 22.6 Å². The number of rotatable bonds is 9. The number of esters is 1. The molecule has 12 nitrogen and oxygen atoms in total. The van der Waals surface area contributed by atoms with Gasteiger partial charge in [0, 0.05) is 18.0 Å². The lowest BCUT2D eigenvalue weighted by Gasteiger charge is -2.33. The fourth-order valence-corrected chi connectivity index (χ4v) is 5.20. The van der Waals surface area contributed by atoms with Crippen molar-refractivity contribution >= 4 is 28.5 Å². The Balaban J connectivity index is 1.82. The van der Waals surface area contributed by atoms with Gasteiger partial charge in [-0.2, -0.15) is 13.2 Å². The van der Waals surface area contributed by atoms with Gasteiger partial charge in [-0.25, -0.2) is 0 Å². The van der Waals surface area contributed by atoms with Gasteiger partial charge in [0.15, 0.2) is 6.29 Å². The molecule has 0 radical (unpaired) electrons. The summed E-state index contributed by atoms with van der Waals surface area (Å²) in [5.41, 5.74) is 2.51. The number of aliphatic hydroxyl groups is 1. The number of nitrogens with two attached hydrogens (primary N) is 1. The number of benzene rings is 1. The number of alkyl halides is 3. The highest BCUT2D eigenvalue weighted by Gasteiger charge is 2.35. The van der Waals surface area contributed by atoms with Gasteiger partial charge in [0.25, 0.3) is 11.5 Å². The highest BCUT2D eigenvalue weighted by atomic mass is 19.4. The van der Waals surface area contributed by atoms with E-state index in [9.17, 15) is 37.8 Å². The number of halogens is 3. The minimum atomic E-state index is -4.65. The van der Waals surface area contributed by atoms with Crippen LogP contribution in [0, 0.1) is 0 Å². The van der Waals surface area contributed by atoms with Crippen molar-refractivity contribution in [2.45, 2.75) is 77.3 Å². The first-order valence-corrected chi connectivity index (χ1v) is 14.1. The summed E-state index contributed by atoms with van der Waals surface area (Å²) < 4.78 is 51.7. The molecule has 1 aliphatic rings. The Labute approximate surface area is 256 Å². The second-order valence-corrected chi connectivity index (χ2v) is 12.3. The molecule has 15 heteroatoms. The Morgan fingerprint density at radius 1 is 1.18 bits per heavy atom. The van der Waals surface area contributed by atoms with E-state index in [0.29, 0.717) is 16.8 Å². The number of carbonyl (C=O) groups is 2. The van der Waals surface area contributed by atoms with E-state index < -0.39 is 64.2 Å². The molecule has 2 atom stereocenters. The molecule has 3 aromatic rings. The Kier molecular flexibility index (Phi) is 9.20. The van der Waals surface area contributed by atoms with E-state index in [1.54, 1.807) is 40.7 Å². The minimum Gasteiger partial charge on any atom is -0.506 e. The number of amides is 1. The molecular weight excluding hydrogens is 599 g/mol. The summed E-state index contributed by atoms with van der Waals surface area (Å²) in [4.78, 5) is 42.5. The molecule has 3 heterocycles. The maximum Gasteiger partial charge on any atom is 0.433 e. The molecule has 0 aliphatic carbocycles. The molecule has 0 fully saturated rings. The number of hydrogen-bond acceptors (Lipinski definition) is 10. The van der Waals surface area contributed by atoms with Crippen LogP contribution < -0.4 is 21.9 Å². The van der Waals surface area contributed by atoms with Crippen LogP contribution in [0.1, 0.15) is 67.8 Å². The summed E-state index contributed by atoms with van der Waals surface area (Å²) in [7, 11) is 0. The third-order valence-corrected chi connectivity index (χ3v) is 6.97. The van der Waals surface area contributed by atoms with Crippen molar-refractivity contribution in [3.8, 4) is 5.75 Å². The summed E-state index contributed by atoms with van der Waals surface area (Å²) in [5.74, 6) is -2.21. The third-order valence-electron chi connectivity index (χ3n) is 6.97. The van der Waals surface area contributed by atoms with Crippen molar-refractivity contribution in [1.82, 2.24) is 14.9 Å². The fraction of sp³-hybridized carbons (Fsp3) is 0.467. The normalized spacial score (nSPS) is 15.8. The SMILES string of the molecule is CC(C)(C)OC(O)CNC(=O)c1c(O)c2ccc(CC(C)(C)OC(=O)CN)c3c2n(c1=O)CC(c1ccc(C(F)(F)F)nc1)N3. The van der Waals surface area contributed by atoms with E-state index in [2.05, 4.69) is 15.6 Å². The third kappa shape index (κ3) is 7.54. The molecule has 0 saturated heterocycles. The molecule has 0 saturated carbocycles. The summed E-state index contributed by atoms with van der Waals surface area (Å²) in [6, 6.07) is 4.41. The van der Waals surface area contributed by atoms with Crippen LogP contribution in [0.5, 0.6) is 5.75 Å². The number of carbonyl (C=O) groups excluding carboxylic acids is 2. The van der Waals surface area contributed by atoms with Crippen LogP contribution in [-0.4, -0.2) is 62.2 Å². The first-order chi connectivity index (χ1) is 20.8. The van der Waals surface area contributed by atoms with Gasteiger partial charge < -0.3 is 40.6 Å². The maximum absolute atomic E-state index is 13.9. The van der Waals surface area contributed by atoms with Gasteiger partial charge >= 0.3 is 12.1 Å². The number of aromatic hydroxyl groups is 1. The minimum absolute atomic E-state index is 0.123. The average Bonchev–Trinajstić information content (AvgIpc) is 2.93. The summed E-state index contributed by atoms with van der Waals surface area (Å²) in [6.07, 6.45) is -4.88. The summed E-state index contributed by atoms with van der Waals surface area (Å²) in [6.45, 7) is 7.58. The van der Waals surface area contributed by atoms with Crippen LogP contribution in [0.25, 0.3) is 10.9 Å². The molecule has 244 valence electrons. The van der Waals surface area contributed by atoms with Gasteiger partial charge in [-0.15, -0.1) is 0 Å². The Hall–Kier alpha value is -4.21. The van der Waals surface area contributed by atoms with Crippen LogP contribution in [0.15, 0.2) is 35.3 Å². The average molecular weight is 636 g/mol. The number of hydrogen-bond donors (Lipinski definition) is 5. The smallest absolute Gasteiger partial charge is 0.433 e. The van der Waals surface area contributed by atoms with E-state index in [0.717, 1.165) is 12.3 Å². The number of nitrogens with zero attached hydrogens (tertiary/aromatic N) is 2. The molecule has 2 aromatic heterocycles. The fourth-order valence-electron chi connectivity index (χ4n) is 5.20. The van der Waals surface area contributed by atoms with Crippen molar-refractivity contribution in [2.75, 3.05) is 18.4 Å². The monoisotopic (exact) mass is 635 g/mol. The van der Waals surface area contributed by atoms with E-state index >= 15 is 0 Å². The second-order valence-electron chi connectivity index (χ2n) is 12.3. The van der Waals surface area contributed by atoms with E-state index in [4.69, 9.17) is 15.2 Å². The number of aliphatic hydroxyl groups excluding tert-OH is 1. The lowest BCUT2D eigenvalue weighted by atomic mass is 9.92. The van der Waals surface area contributed by atoms with Crippen molar-refractivity contribution in [1.29, 1.82) is 0 Å². The molecular formula is C30H36F3N5O7. The van der Waals surface area contributed by atoms with E-state index in [1.165, 1.54) is 16.7 Å². The zero-order valence-electron chi connectivity index (χ0n) is 25.4. The zero-order chi connectivity index (χ0) is 33.5. The molecule has 4 rings (SSSR count). The Morgan fingerprint density at radius 3 is 2.44 bits per heavy atom. The first-order valence-electron chi connectivity index (χ1n) is 14.1. The number of nitrogens with one attached hydrogen (secondary N) is 2. The van der Waals surface area contributed by atoms with Crippen molar-refractivity contribution in [3.05, 3.63) is 63.2 Å². The Morgan fingerprint density at radius 2 is 1.87 bits per heavy atom. The number of anilines is 1. The van der Waals surface area contributed by atoms with Gasteiger partial charge in [-0.05, 0) is 57.9 Å². The van der Waals surface area contributed by atoms with Crippen LogP contribution in [0.4, 0.5) is 18.9 Å². The van der Waals surface area contributed by atoms with Gasteiger partial charge in [0.05, 0.1) is 42.5 Å². The molecule has 1 amide bonds. The number of pyridine rings is 2. The summed E-state index contributed by atoms with van der Waals surface area (Å²) >= 11 is 0. The number of aromatic nitrogens is 2. The van der Waals surface area contributed by atoms with E-state index in [-0.39, 0.29) is 37.0 Å². The van der Waals surface area contributed by atoms with Gasteiger partial charge in [0.2, 0.25) is 0 Å². The predicted molar refractivity (Wildman–Crippen MR) is 158 cm³/mol. The van der Waals surface area contributed by atoms with Gasteiger partial charge in [-0.1, -0.05) is 12.1 Å². The maximum atomic E-state index is 13.9. The highest BCUT2D eigenvalue weighted by molar-refractivity contribution is 6.05.